The lowest BCUT2D eigenvalue weighted by Gasteiger charge is -1.96. The van der Waals surface area contributed by atoms with Crippen molar-refractivity contribution < 1.29 is 4.79 Å². The molecule has 0 bridgehead atoms. The summed E-state index contributed by atoms with van der Waals surface area (Å²) in [4.78, 5) is 11.6. The predicted octanol–water partition coefficient (Wildman–Crippen LogP) is 3.58. The van der Waals surface area contributed by atoms with Crippen LogP contribution in [-0.4, -0.2) is 6.29 Å². The Bertz CT molecular complexity index is 482. The molecule has 1 heterocycles. The average molecular weight is 204 g/mol. The van der Waals surface area contributed by atoms with Crippen LogP contribution in [0.4, 0.5) is 0 Å². The van der Waals surface area contributed by atoms with Crippen LogP contribution in [0, 0.1) is 6.92 Å². The van der Waals surface area contributed by atoms with E-state index in [1.54, 1.807) is 11.3 Å². The fourth-order valence-corrected chi connectivity index (χ4v) is 2.63. The minimum atomic E-state index is 0.855. The molecule has 1 nitrogen and oxygen atoms in total. The molecule has 14 heavy (non-hydrogen) atoms. The molecule has 0 amide bonds. The molecule has 1 aromatic heterocycles. The van der Waals surface area contributed by atoms with E-state index in [-0.39, 0.29) is 0 Å². The summed E-state index contributed by atoms with van der Waals surface area (Å²) in [5, 5.41) is 1.23. The van der Waals surface area contributed by atoms with E-state index < -0.39 is 0 Å². The van der Waals surface area contributed by atoms with Gasteiger partial charge in [0.2, 0.25) is 0 Å². The van der Waals surface area contributed by atoms with Crippen molar-refractivity contribution in [2.75, 3.05) is 0 Å². The Morgan fingerprint density at radius 2 is 2.21 bits per heavy atom. The van der Waals surface area contributed by atoms with Crippen molar-refractivity contribution in [3.05, 3.63) is 34.2 Å². The van der Waals surface area contributed by atoms with Gasteiger partial charge in [0.25, 0.3) is 0 Å². The highest BCUT2D eigenvalue weighted by molar-refractivity contribution is 7.20. The summed E-state index contributed by atoms with van der Waals surface area (Å²) in [5.74, 6) is 0. The molecule has 0 aliphatic rings. The molecule has 0 fully saturated rings. The number of hydrogen-bond acceptors (Lipinski definition) is 2. The van der Waals surface area contributed by atoms with Crippen LogP contribution in [0.5, 0.6) is 0 Å². The van der Waals surface area contributed by atoms with Crippen molar-refractivity contribution in [2.45, 2.75) is 20.3 Å². The predicted molar refractivity (Wildman–Crippen MR) is 61.3 cm³/mol. The molecule has 0 radical (unpaired) electrons. The maximum atomic E-state index is 10.8. The van der Waals surface area contributed by atoms with Crippen molar-refractivity contribution in [1.82, 2.24) is 0 Å². The SMILES string of the molecule is CCc1ccc2sc(C=O)c(C)c2c1. The van der Waals surface area contributed by atoms with Crippen molar-refractivity contribution in [1.29, 1.82) is 0 Å². The van der Waals surface area contributed by atoms with Gasteiger partial charge >= 0.3 is 0 Å². The van der Waals surface area contributed by atoms with Crippen molar-refractivity contribution in [2.24, 2.45) is 0 Å². The summed E-state index contributed by atoms with van der Waals surface area (Å²) in [6, 6.07) is 6.43. The second-order valence-electron chi connectivity index (χ2n) is 3.39. The van der Waals surface area contributed by atoms with Crippen LogP contribution in [0.25, 0.3) is 10.1 Å². The lowest BCUT2D eigenvalue weighted by atomic mass is 10.1. The number of aryl methyl sites for hydroxylation is 2. The van der Waals surface area contributed by atoms with Crippen molar-refractivity contribution >= 4 is 27.7 Å². The highest BCUT2D eigenvalue weighted by Crippen LogP contribution is 2.30. The largest absolute Gasteiger partial charge is 0.297 e. The van der Waals surface area contributed by atoms with Gasteiger partial charge in [0.05, 0.1) is 4.88 Å². The maximum absolute atomic E-state index is 10.8. The molecule has 0 aliphatic heterocycles. The number of fused-ring (bicyclic) bond motifs is 1. The number of carbonyl (C=O) groups excluding carboxylic acids is 1. The van der Waals surface area contributed by atoms with Crippen molar-refractivity contribution in [3.63, 3.8) is 0 Å². The monoisotopic (exact) mass is 204 g/mol. The van der Waals surface area contributed by atoms with Gasteiger partial charge in [0, 0.05) is 4.70 Å². The zero-order valence-corrected chi connectivity index (χ0v) is 9.15. The molecule has 2 aromatic rings. The lowest BCUT2D eigenvalue weighted by Crippen LogP contribution is -1.79. The van der Waals surface area contributed by atoms with Gasteiger partial charge in [-0.1, -0.05) is 19.1 Å². The van der Waals surface area contributed by atoms with Gasteiger partial charge in [-0.25, -0.2) is 0 Å². The molecule has 0 unspecified atom stereocenters. The smallest absolute Gasteiger partial charge is 0.160 e. The fourth-order valence-electron chi connectivity index (χ4n) is 1.62. The first-order valence-corrected chi connectivity index (χ1v) is 5.55. The molecular formula is C12H12OS. The van der Waals surface area contributed by atoms with Crippen LogP contribution in [0.2, 0.25) is 0 Å². The van der Waals surface area contributed by atoms with Crippen LogP contribution < -0.4 is 0 Å². The summed E-state index contributed by atoms with van der Waals surface area (Å²) < 4.78 is 1.21. The zero-order chi connectivity index (χ0) is 10.1. The normalized spacial score (nSPS) is 10.7. The first-order valence-electron chi connectivity index (χ1n) is 4.73. The quantitative estimate of drug-likeness (QED) is 0.683. The third-order valence-electron chi connectivity index (χ3n) is 2.55. The molecular weight excluding hydrogens is 192 g/mol. The van der Waals surface area contributed by atoms with E-state index in [9.17, 15) is 4.79 Å². The number of aldehydes is 1. The summed E-state index contributed by atoms with van der Waals surface area (Å²) in [6.45, 7) is 4.16. The number of hydrogen-bond donors (Lipinski definition) is 0. The third-order valence-corrected chi connectivity index (χ3v) is 3.75. The van der Waals surface area contributed by atoms with E-state index in [4.69, 9.17) is 0 Å². The Kier molecular flexibility index (Phi) is 2.38. The van der Waals surface area contributed by atoms with Crippen LogP contribution in [0.15, 0.2) is 18.2 Å². The fraction of sp³-hybridized carbons (Fsp3) is 0.250. The first-order chi connectivity index (χ1) is 6.76. The number of benzene rings is 1. The molecule has 0 saturated carbocycles. The lowest BCUT2D eigenvalue weighted by molar-refractivity contribution is 0.112. The second kappa shape index (κ2) is 3.54. The molecule has 0 aliphatic carbocycles. The van der Waals surface area contributed by atoms with Gasteiger partial charge in [0.1, 0.15) is 0 Å². The molecule has 72 valence electrons. The van der Waals surface area contributed by atoms with Crippen LogP contribution in [0.3, 0.4) is 0 Å². The van der Waals surface area contributed by atoms with Crippen LogP contribution in [0.1, 0.15) is 27.7 Å². The molecule has 1 aromatic carbocycles. The minimum absolute atomic E-state index is 0.855. The average Bonchev–Trinajstić information content (AvgIpc) is 2.55. The van der Waals surface area contributed by atoms with Gasteiger partial charge in [-0.15, -0.1) is 11.3 Å². The maximum Gasteiger partial charge on any atom is 0.160 e. The Morgan fingerprint density at radius 3 is 2.86 bits per heavy atom. The minimum Gasteiger partial charge on any atom is -0.297 e. The Morgan fingerprint density at radius 1 is 1.43 bits per heavy atom. The molecule has 0 saturated heterocycles. The van der Waals surface area contributed by atoms with Crippen LogP contribution in [-0.2, 0) is 6.42 Å². The first kappa shape index (κ1) is 9.41. The molecule has 0 spiro atoms. The standard InChI is InChI=1S/C12H12OS/c1-3-9-4-5-11-10(6-9)8(2)12(7-13)14-11/h4-7H,3H2,1-2H3. The van der Waals surface area contributed by atoms with E-state index in [0.717, 1.165) is 23.1 Å². The summed E-state index contributed by atoms with van der Waals surface area (Å²) >= 11 is 1.58. The van der Waals surface area contributed by atoms with Gasteiger partial charge in [0.15, 0.2) is 6.29 Å². The molecule has 0 N–H and O–H groups in total. The van der Waals surface area contributed by atoms with Gasteiger partial charge in [-0.3, -0.25) is 4.79 Å². The molecule has 2 heteroatoms. The summed E-state index contributed by atoms with van der Waals surface area (Å²) in [6.07, 6.45) is 1.99. The van der Waals surface area contributed by atoms with E-state index in [1.807, 2.05) is 6.92 Å². The molecule has 0 atom stereocenters. The number of rotatable bonds is 2. The highest BCUT2D eigenvalue weighted by atomic mass is 32.1. The Labute approximate surface area is 87.4 Å². The topological polar surface area (TPSA) is 17.1 Å². The summed E-state index contributed by atoms with van der Waals surface area (Å²) in [5.41, 5.74) is 2.45. The van der Waals surface area contributed by atoms with Gasteiger partial charge in [-0.05, 0) is 35.9 Å². The summed E-state index contributed by atoms with van der Waals surface area (Å²) in [7, 11) is 0. The van der Waals surface area contributed by atoms with E-state index in [0.29, 0.717) is 0 Å². The van der Waals surface area contributed by atoms with E-state index >= 15 is 0 Å². The highest BCUT2D eigenvalue weighted by Gasteiger charge is 2.07. The molecule has 2 rings (SSSR count). The number of carbonyl (C=O) groups is 1. The van der Waals surface area contributed by atoms with Crippen LogP contribution >= 0.6 is 11.3 Å². The van der Waals surface area contributed by atoms with Gasteiger partial charge in [-0.2, -0.15) is 0 Å². The Balaban J connectivity index is 2.74. The Hall–Kier alpha value is -1.15. The zero-order valence-electron chi connectivity index (χ0n) is 8.33. The third kappa shape index (κ3) is 1.36. The number of thiophene rings is 1. The second-order valence-corrected chi connectivity index (χ2v) is 4.48. The van der Waals surface area contributed by atoms with E-state index in [1.165, 1.54) is 15.6 Å². The van der Waals surface area contributed by atoms with Gasteiger partial charge < -0.3 is 0 Å². The van der Waals surface area contributed by atoms with E-state index in [2.05, 4.69) is 25.1 Å². The van der Waals surface area contributed by atoms with Crippen molar-refractivity contribution in [3.8, 4) is 0 Å².